The maximum atomic E-state index is 12.9. The second-order valence-electron chi connectivity index (χ2n) is 8.32. The summed E-state index contributed by atoms with van der Waals surface area (Å²) in [5.41, 5.74) is 4.89. The Bertz CT molecular complexity index is 1050. The van der Waals surface area contributed by atoms with E-state index in [4.69, 9.17) is 9.15 Å². The van der Waals surface area contributed by atoms with Crippen molar-refractivity contribution in [1.82, 2.24) is 9.80 Å². The highest BCUT2D eigenvalue weighted by Gasteiger charge is 2.24. The number of furan rings is 1. The van der Waals surface area contributed by atoms with Crippen LogP contribution in [0, 0.1) is 20.8 Å². The first-order chi connectivity index (χ1) is 15.0. The summed E-state index contributed by atoms with van der Waals surface area (Å²) in [5, 5.41) is 0. The minimum absolute atomic E-state index is 0.0477. The third kappa shape index (κ3) is 5.17. The zero-order valence-corrected chi connectivity index (χ0v) is 18.6. The molecule has 2 aromatic carbocycles. The van der Waals surface area contributed by atoms with Crippen LogP contribution in [0.25, 0.3) is 0 Å². The summed E-state index contributed by atoms with van der Waals surface area (Å²) >= 11 is 0. The molecule has 5 nitrogen and oxygen atoms in total. The first-order valence-electron chi connectivity index (χ1n) is 10.8. The van der Waals surface area contributed by atoms with Crippen LogP contribution < -0.4 is 4.74 Å². The number of rotatable bonds is 6. The number of ether oxygens (including phenoxy) is 1. The molecule has 0 radical (unpaired) electrons. The van der Waals surface area contributed by atoms with Crippen LogP contribution in [0.1, 0.15) is 38.6 Å². The highest BCUT2D eigenvalue weighted by Crippen LogP contribution is 2.21. The van der Waals surface area contributed by atoms with Gasteiger partial charge < -0.3 is 14.1 Å². The van der Waals surface area contributed by atoms with E-state index in [1.165, 1.54) is 11.1 Å². The average molecular weight is 419 g/mol. The summed E-state index contributed by atoms with van der Waals surface area (Å²) in [6.07, 6.45) is 0. The molecule has 2 heterocycles. The molecule has 31 heavy (non-hydrogen) atoms. The highest BCUT2D eigenvalue weighted by atomic mass is 16.5. The molecule has 1 saturated heterocycles. The van der Waals surface area contributed by atoms with Gasteiger partial charge in [0.15, 0.2) is 5.76 Å². The standard InChI is InChI=1S/C26H30N2O3/c1-19-8-9-21(3)25(16-19)30-18-23-10-11-24(31-23)26(29)28-14-12-27(13-15-28)17-22-7-5-4-6-20(22)2/h4-11,16H,12-15,17-18H2,1-3H3. The van der Waals surface area contributed by atoms with Gasteiger partial charge in [-0.3, -0.25) is 9.69 Å². The topological polar surface area (TPSA) is 45.9 Å². The van der Waals surface area contributed by atoms with Gasteiger partial charge in [0.25, 0.3) is 5.91 Å². The number of carbonyl (C=O) groups is 1. The second kappa shape index (κ2) is 9.40. The molecule has 1 fully saturated rings. The van der Waals surface area contributed by atoms with Crippen molar-refractivity contribution in [2.75, 3.05) is 26.2 Å². The Kier molecular flexibility index (Phi) is 6.42. The third-order valence-electron chi connectivity index (χ3n) is 5.90. The van der Waals surface area contributed by atoms with E-state index >= 15 is 0 Å². The van der Waals surface area contributed by atoms with Crippen LogP contribution in [-0.2, 0) is 13.2 Å². The van der Waals surface area contributed by atoms with Crippen LogP contribution in [0.4, 0.5) is 0 Å². The van der Waals surface area contributed by atoms with Crippen LogP contribution in [-0.4, -0.2) is 41.9 Å². The number of aryl methyl sites for hydroxylation is 3. The Balaban J connectivity index is 1.30. The minimum atomic E-state index is -0.0477. The van der Waals surface area contributed by atoms with E-state index in [9.17, 15) is 4.79 Å². The van der Waals surface area contributed by atoms with Gasteiger partial charge in [-0.05, 0) is 61.2 Å². The van der Waals surface area contributed by atoms with Crippen molar-refractivity contribution in [1.29, 1.82) is 0 Å². The number of nitrogens with zero attached hydrogens (tertiary/aromatic N) is 2. The Morgan fingerprint density at radius 1 is 0.935 bits per heavy atom. The van der Waals surface area contributed by atoms with Crippen LogP contribution in [0.5, 0.6) is 5.75 Å². The second-order valence-corrected chi connectivity index (χ2v) is 8.32. The zero-order valence-electron chi connectivity index (χ0n) is 18.6. The Morgan fingerprint density at radius 3 is 2.48 bits per heavy atom. The monoisotopic (exact) mass is 418 g/mol. The van der Waals surface area contributed by atoms with Gasteiger partial charge in [-0.2, -0.15) is 0 Å². The molecule has 0 N–H and O–H groups in total. The quantitative estimate of drug-likeness (QED) is 0.580. The van der Waals surface area contributed by atoms with Crippen molar-refractivity contribution in [3.63, 3.8) is 0 Å². The first-order valence-corrected chi connectivity index (χ1v) is 10.8. The largest absolute Gasteiger partial charge is 0.485 e. The molecule has 162 valence electrons. The van der Waals surface area contributed by atoms with E-state index in [1.54, 1.807) is 6.07 Å². The van der Waals surface area contributed by atoms with Gasteiger partial charge in [-0.25, -0.2) is 0 Å². The molecule has 3 aromatic rings. The molecular weight excluding hydrogens is 388 g/mol. The average Bonchev–Trinajstić information content (AvgIpc) is 3.25. The maximum Gasteiger partial charge on any atom is 0.289 e. The number of benzene rings is 2. The van der Waals surface area contributed by atoms with Gasteiger partial charge in [-0.15, -0.1) is 0 Å². The SMILES string of the molecule is Cc1ccc(C)c(OCc2ccc(C(=O)N3CCN(Cc4ccccc4C)CC3)o2)c1. The molecule has 0 spiro atoms. The van der Waals surface area contributed by atoms with Crippen molar-refractivity contribution in [2.24, 2.45) is 0 Å². The summed E-state index contributed by atoms with van der Waals surface area (Å²) in [6, 6.07) is 18.2. The summed E-state index contributed by atoms with van der Waals surface area (Å²) in [7, 11) is 0. The van der Waals surface area contributed by atoms with Gasteiger partial charge in [0.1, 0.15) is 18.1 Å². The molecule has 1 amide bonds. The molecule has 1 aliphatic heterocycles. The lowest BCUT2D eigenvalue weighted by atomic mass is 10.1. The highest BCUT2D eigenvalue weighted by molar-refractivity contribution is 5.91. The van der Waals surface area contributed by atoms with Crippen LogP contribution >= 0.6 is 0 Å². The lowest BCUT2D eigenvalue weighted by molar-refractivity contribution is 0.0594. The maximum absolute atomic E-state index is 12.9. The molecule has 5 heteroatoms. The molecule has 0 saturated carbocycles. The van der Waals surface area contributed by atoms with E-state index in [0.29, 0.717) is 31.2 Å². The fraction of sp³-hybridized carbons (Fsp3) is 0.346. The predicted octanol–water partition coefficient (Wildman–Crippen LogP) is 4.74. The number of amides is 1. The minimum Gasteiger partial charge on any atom is -0.485 e. The lowest BCUT2D eigenvalue weighted by Crippen LogP contribution is -2.48. The van der Waals surface area contributed by atoms with Crippen molar-refractivity contribution in [3.8, 4) is 5.75 Å². The van der Waals surface area contributed by atoms with Crippen LogP contribution in [0.15, 0.2) is 59.0 Å². The number of hydrogen-bond donors (Lipinski definition) is 0. The molecule has 4 rings (SSSR count). The molecule has 0 atom stereocenters. The summed E-state index contributed by atoms with van der Waals surface area (Å²) in [5.74, 6) is 1.83. The van der Waals surface area contributed by atoms with E-state index in [-0.39, 0.29) is 5.91 Å². The summed E-state index contributed by atoms with van der Waals surface area (Å²) in [4.78, 5) is 17.2. The van der Waals surface area contributed by atoms with Crippen molar-refractivity contribution in [3.05, 3.63) is 88.4 Å². The van der Waals surface area contributed by atoms with E-state index in [0.717, 1.165) is 36.5 Å². The van der Waals surface area contributed by atoms with Crippen LogP contribution in [0.3, 0.4) is 0 Å². The normalized spacial score (nSPS) is 14.6. The van der Waals surface area contributed by atoms with E-state index in [2.05, 4.69) is 42.2 Å². The van der Waals surface area contributed by atoms with Crippen molar-refractivity contribution >= 4 is 5.91 Å². The fourth-order valence-electron chi connectivity index (χ4n) is 3.88. The fourth-order valence-corrected chi connectivity index (χ4v) is 3.88. The number of piperazine rings is 1. The van der Waals surface area contributed by atoms with Crippen molar-refractivity contribution < 1.29 is 13.9 Å². The predicted molar refractivity (Wildman–Crippen MR) is 121 cm³/mol. The van der Waals surface area contributed by atoms with Gasteiger partial charge in [0, 0.05) is 32.7 Å². The van der Waals surface area contributed by atoms with Gasteiger partial charge in [-0.1, -0.05) is 36.4 Å². The van der Waals surface area contributed by atoms with E-state index < -0.39 is 0 Å². The smallest absolute Gasteiger partial charge is 0.289 e. The third-order valence-corrected chi connectivity index (χ3v) is 5.90. The molecule has 1 aromatic heterocycles. The lowest BCUT2D eigenvalue weighted by Gasteiger charge is -2.34. The molecule has 0 aliphatic carbocycles. The summed E-state index contributed by atoms with van der Waals surface area (Å²) < 4.78 is 11.7. The molecular formula is C26H30N2O3. The van der Waals surface area contributed by atoms with Crippen LogP contribution in [0.2, 0.25) is 0 Å². The number of hydrogen-bond acceptors (Lipinski definition) is 4. The van der Waals surface area contributed by atoms with Gasteiger partial charge in [0.05, 0.1) is 0 Å². The Morgan fingerprint density at radius 2 is 1.71 bits per heavy atom. The first kappa shape index (κ1) is 21.2. The number of carbonyl (C=O) groups excluding carboxylic acids is 1. The zero-order chi connectivity index (χ0) is 21.8. The van der Waals surface area contributed by atoms with Crippen molar-refractivity contribution in [2.45, 2.75) is 33.9 Å². The Hall–Kier alpha value is -3.05. The van der Waals surface area contributed by atoms with Gasteiger partial charge in [0.2, 0.25) is 0 Å². The Labute approximate surface area is 184 Å². The summed E-state index contributed by atoms with van der Waals surface area (Å²) in [6.45, 7) is 10.6. The molecule has 1 aliphatic rings. The van der Waals surface area contributed by atoms with E-state index in [1.807, 2.05) is 36.9 Å². The van der Waals surface area contributed by atoms with Gasteiger partial charge >= 0.3 is 0 Å². The molecule has 0 bridgehead atoms. The molecule has 0 unspecified atom stereocenters.